The summed E-state index contributed by atoms with van der Waals surface area (Å²) in [6.45, 7) is 6.54. The normalized spacial score (nSPS) is 15.1. The summed E-state index contributed by atoms with van der Waals surface area (Å²) in [7, 11) is 0. The SMILES string of the molecule is CCN1CCN(c2nc3nccc(-c4cccc([N+](=O)[O-])c4)c3c(=O)[nH]2)CC1. The van der Waals surface area contributed by atoms with E-state index in [9.17, 15) is 14.9 Å². The van der Waals surface area contributed by atoms with Crippen LogP contribution in [0.15, 0.2) is 41.3 Å². The summed E-state index contributed by atoms with van der Waals surface area (Å²) in [6.07, 6.45) is 1.57. The molecule has 0 bridgehead atoms. The van der Waals surface area contributed by atoms with Gasteiger partial charge < -0.3 is 9.80 Å². The van der Waals surface area contributed by atoms with E-state index >= 15 is 0 Å². The Bertz CT molecular complexity index is 1090. The molecule has 9 nitrogen and oxygen atoms in total. The fraction of sp³-hybridized carbons (Fsp3) is 0.316. The minimum atomic E-state index is -0.455. The van der Waals surface area contributed by atoms with E-state index in [2.05, 4.69) is 31.7 Å². The topological polar surface area (TPSA) is 108 Å². The molecule has 0 saturated carbocycles. The van der Waals surface area contributed by atoms with E-state index in [4.69, 9.17) is 0 Å². The Morgan fingerprint density at radius 1 is 1.21 bits per heavy atom. The third-order valence-corrected chi connectivity index (χ3v) is 5.08. The van der Waals surface area contributed by atoms with Crippen molar-refractivity contribution in [3.8, 4) is 11.1 Å². The average Bonchev–Trinajstić information content (AvgIpc) is 2.73. The number of anilines is 1. The number of fused-ring (bicyclic) bond motifs is 1. The Labute approximate surface area is 160 Å². The van der Waals surface area contributed by atoms with Gasteiger partial charge in [0.1, 0.15) is 0 Å². The van der Waals surface area contributed by atoms with Gasteiger partial charge in [0, 0.05) is 50.1 Å². The van der Waals surface area contributed by atoms with Crippen LogP contribution in [0.1, 0.15) is 6.92 Å². The molecule has 0 amide bonds. The van der Waals surface area contributed by atoms with E-state index in [1.807, 2.05) is 0 Å². The van der Waals surface area contributed by atoms with Gasteiger partial charge in [-0.15, -0.1) is 0 Å². The predicted octanol–water partition coefficient (Wildman–Crippen LogP) is 2.04. The van der Waals surface area contributed by atoms with Crippen molar-refractivity contribution in [2.45, 2.75) is 6.92 Å². The Morgan fingerprint density at radius 3 is 2.71 bits per heavy atom. The molecule has 1 saturated heterocycles. The highest BCUT2D eigenvalue weighted by Crippen LogP contribution is 2.28. The van der Waals surface area contributed by atoms with Gasteiger partial charge in [-0.1, -0.05) is 19.1 Å². The number of rotatable bonds is 4. The van der Waals surface area contributed by atoms with Crippen LogP contribution in [-0.4, -0.2) is 57.5 Å². The monoisotopic (exact) mass is 380 g/mol. The third kappa shape index (κ3) is 3.31. The molecule has 1 fully saturated rings. The number of hydrogen-bond donors (Lipinski definition) is 1. The fourth-order valence-corrected chi connectivity index (χ4v) is 3.50. The minimum Gasteiger partial charge on any atom is -0.340 e. The van der Waals surface area contributed by atoms with Crippen molar-refractivity contribution in [3.63, 3.8) is 0 Å². The van der Waals surface area contributed by atoms with Crippen LogP contribution in [-0.2, 0) is 0 Å². The molecule has 1 aliphatic rings. The number of nitrogens with one attached hydrogen (secondary N) is 1. The van der Waals surface area contributed by atoms with Gasteiger partial charge in [-0.2, -0.15) is 4.98 Å². The van der Waals surface area contributed by atoms with Gasteiger partial charge in [0.05, 0.1) is 10.3 Å². The number of H-pyrrole nitrogens is 1. The first-order valence-corrected chi connectivity index (χ1v) is 9.18. The van der Waals surface area contributed by atoms with Crippen molar-refractivity contribution in [3.05, 3.63) is 57.0 Å². The smallest absolute Gasteiger partial charge is 0.270 e. The molecule has 3 heterocycles. The number of aromatic nitrogens is 3. The molecule has 1 aliphatic heterocycles. The van der Waals surface area contributed by atoms with Gasteiger partial charge in [0.2, 0.25) is 5.95 Å². The van der Waals surface area contributed by atoms with Gasteiger partial charge in [-0.05, 0) is 18.2 Å². The first-order chi connectivity index (χ1) is 13.6. The van der Waals surface area contributed by atoms with E-state index in [1.165, 1.54) is 12.1 Å². The lowest BCUT2D eigenvalue weighted by atomic mass is 10.0. The van der Waals surface area contributed by atoms with Crippen molar-refractivity contribution in [2.24, 2.45) is 0 Å². The van der Waals surface area contributed by atoms with Crippen molar-refractivity contribution in [1.82, 2.24) is 19.9 Å². The number of non-ortho nitro benzene ring substituents is 1. The number of likely N-dealkylation sites (N-methyl/N-ethyl adjacent to an activating group) is 1. The summed E-state index contributed by atoms with van der Waals surface area (Å²) >= 11 is 0. The Balaban J connectivity index is 1.76. The number of benzene rings is 1. The predicted molar refractivity (Wildman–Crippen MR) is 107 cm³/mol. The fourth-order valence-electron chi connectivity index (χ4n) is 3.50. The number of pyridine rings is 1. The quantitative estimate of drug-likeness (QED) is 0.545. The van der Waals surface area contributed by atoms with Crippen LogP contribution in [0.2, 0.25) is 0 Å². The van der Waals surface area contributed by atoms with E-state index < -0.39 is 4.92 Å². The lowest BCUT2D eigenvalue weighted by molar-refractivity contribution is -0.384. The Kier molecular flexibility index (Phi) is 4.74. The minimum absolute atomic E-state index is 0.0303. The Morgan fingerprint density at radius 2 is 2.00 bits per heavy atom. The maximum absolute atomic E-state index is 12.9. The van der Waals surface area contributed by atoms with Crippen molar-refractivity contribution >= 4 is 22.7 Å². The summed E-state index contributed by atoms with van der Waals surface area (Å²) < 4.78 is 0. The molecular formula is C19H20N6O3. The first-order valence-electron chi connectivity index (χ1n) is 9.18. The highest BCUT2D eigenvalue weighted by Gasteiger charge is 2.20. The molecule has 0 atom stereocenters. The standard InChI is InChI=1S/C19H20N6O3/c1-2-23-8-10-24(11-9-23)19-21-17-16(18(26)22-19)15(6-7-20-17)13-4-3-5-14(12-13)25(27)28/h3-7,12H,2,8-11H2,1H3,(H,20,21,22,26). The molecule has 3 aromatic rings. The van der Waals surface area contributed by atoms with Crippen LogP contribution in [0, 0.1) is 10.1 Å². The van der Waals surface area contributed by atoms with Crippen molar-refractivity contribution in [1.29, 1.82) is 0 Å². The largest absolute Gasteiger partial charge is 0.340 e. The molecule has 4 rings (SSSR count). The van der Waals surface area contributed by atoms with Gasteiger partial charge >= 0.3 is 0 Å². The zero-order valence-corrected chi connectivity index (χ0v) is 15.5. The van der Waals surface area contributed by atoms with Crippen molar-refractivity contribution in [2.75, 3.05) is 37.6 Å². The van der Waals surface area contributed by atoms with Crippen LogP contribution in [0.4, 0.5) is 11.6 Å². The van der Waals surface area contributed by atoms with Crippen LogP contribution >= 0.6 is 0 Å². The molecule has 144 valence electrons. The molecule has 1 aromatic carbocycles. The number of nitro benzene ring substituents is 1. The summed E-state index contributed by atoms with van der Waals surface area (Å²) in [5.74, 6) is 0.511. The second kappa shape index (κ2) is 7.35. The molecule has 28 heavy (non-hydrogen) atoms. The molecule has 0 radical (unpaired) electrons. The number of nitrogens with zero attached hydrogens (tertiary/aromatic N) is 5. The zero-order chi connectivity index (χ0) is 19.7. The van der Waals surface area contributed by atoms with Gasteiger partial charge in [0.25, 0.3) is 11.2 Å². The average molecular weight is 380 g/mol. The lowest BCUT2D eigenvalue weighted by Gasteiger charge is -2.34. The van der Waals surface area contributed by atoms with Gasteiger partial charge in [-0.3, -0.25) is 19.9 Å². The zero-order valence-electron chi connectivity index (χ0n) is 15.5. The molecule has 0 spiro atoms. The molecule has 2 aromatic heterocycles. The summed E-state index contributed by atoms with van der Waals surface area (Å²) in [6, 6.07) is 7.88. The molecule has 0 aliphatic carbocycles. The van der Waals surface area contributed by atoms with Crippen LogP contribution < -0.4 is 10.5 Å². The van der Waals surface area contributed by atoms with E-state index in [-0.39, 0.29) is 11.2 Å². The highest BCUT2D eigenvalue weighted by atomic mass is 16.6. The van der Waals surface area contributed by atoms with Crippen LogP contribution in [0.3, 0.4) is 0 Å². The third-order valence-electron chi connectivity index (χ3n) is 5.08. The molecule has 1 N–H and O–H groups in total. The summed E-state index contributed by atoms with van der Waals surface area (Å²) in [5.41, 5.74) is 1.16. The number of aromatic amines is 1. The van der Waals surface area contributed by atoms with Gasteiger partial charge in [-0.25, -0.2) is 4.98 Å². The Hall–Kier alpha value is -3.33. The first kappa shape index (κ1) is 18.1. The number of hydrogen-bond acceptors (Lipinski definition) is 7. The molecule has 9 heteroatoms. The van der Waals surface area contributed by atoms with Crippen molar-refractivity contribution < 1.29 is 4.92 Å². The van der Waals surface area contributed by atoms with Crippen LogP contribution in [0.25, 0.3) is 22.2 Å². The molecular weight excluding hydrogens is 360 g/mol. The molecule has 0 unspecified atom stereocenters. The lowest BCUT2D eigenvalue weighted by Crippen LogP contribution is -2.47. The maximum atomic E-state index is 12.9. The highest BCUT2D eigenvalue weighted by molar-refractivity contribution is 5.92. The maximum Gasteiger partial charge on any atom is 0.270 e. The summed E-state index contributed by atoms with van der Waals surface area (Å²) in [4.78, 5) is 39.6. The van der Waals surface area contributed by atoms with E-state index in [0.717, 1.165) is 32.7 Å². The number of piperazine rings is 1. The van der Waals surface area contributed by atoms with E-state index in [1.54, 1.807) is 24.4 Å². The second-order valence-electron chi connectivity index (χ2n) is 6.68. The number of nitro groups is 1. The van der Waals surface area contributed by atoms with Crippen LogP contribution in [0.5, 0.6) is 0 Å². The van der Waals surface area contributed by atoms with E-state index in [0.29, 0.717) is 28.1 Å². The van der Waals surface area contributed by atoms with Gasteiger partial charge in [0.15, 0.2) is 5.65 Å². The second-order valence-corrected chi connectivity index (χ2v) is 6.68. The summed E-state index contributed by atoms with van der Waals surface area (Å²) in [5, 5.41) is 11.4.